The van der Waals surface area contributed by atoms with Gasteiger partial charge in [-0.2, -0.15) is 0 Å². The summed E-state index contributed by atoms with van der Waals surface area (Å²) in [7, 11) is 4.60. The Labute approximate surface area is 148 Å². The standard InChI is InChI=1S/C19H24N2O4/c1-5-13-6-8-14(9-7-13)20-12-18(22)21-15-10-16(23-2)19(25-4)17(11-15)24-3/h6-11,20H,5,12H2,1-4H3,(H,21,22). The van der Waals surface area contributed by atoms with Gasteiger partial charge >= 0.3 is 0 Å². The number of carbonyl (C=O) groups excluding carboxylic acids is 1. The molecule has 0 unspecified atom stereocenters. The molecule has 2 N–H and O–H groups in total. The molecule has 0 bridgehead atoms. The van der Waals surface area contributed by atoms with Gasteiger partial charge in [0.15, 0.2) is 11.5 Å². The lowest BCUT2D eigenvalue weighted by Gasteiger charge is -2.15. The minimum absolute atomic E-state index is 0.155. The Balaban J connectivity index is 2.01. The monoisotopic (exact) mass is 344 g/mol. The Morgan fingerprint density at radius 3 is 2.00 bits per heavy atom. The molecule has 0 saturated heterocycles. The minimum atomic E-state index is -0.172. The second-order valence-electron chi connectivity index (χ2n) is 5.37. The summed E-state index contributed by atoms with van der Waals surface area (Å²) in [6.07, 6.45) is 0.988. The summed E-state index contributed by atoms with van der Waals surface area (Å²) in [5.74, 6) is 1.28. The number of ether oxygens (including phenoxy) is 3. The highest BCUT2D eigenvalue weighted by Gasteiger charge is 2.14. The van der Waals surface area contributed by atoms with Crippen LogP contribution in [0.3, 0.4) is 0 Å². The van der Waals surface area contributed by atoms with Gasteiger partial charge in [0.05, 0.1) is 27.9 Å². The van der Waals surface area contributed by atoms with Crippen LogP contribution in [0.15, 0.2) is 36.4 Å². The fourth-order valence-electron chi connectivity index (χ4n) is 2.40. The fraction of sp³-hybridized carbons (Fsp3) is 0.316. The molecule has 2 aromatic carbocycles. The summed E-state index contributed by atoms with van der Waals surface area (Å²) in [4.78, 5) is 12.2. The highest BCUT2D eigenvalue weighted by atomic mass is 16.5. The van der Waals surface area contributed by atoms with E-state index >= 15 is 0 Å². The fourth-order valence-corrected chi connectivity index (χ4v) is 2.40. The van der Waals surface area contributed by atoms with Crippen molar-refractivity contribution in [3.05, 3.63) is 42.0 Å². The summed E-state index contributed by atoms with van der Waals surface area (Å²) in [6.45, 7) is 2.26. The van der Waals surface area contributed by atoms with Crippen molar-refractivity contribution in [1.29, 1.82) is 0 Å². The average molecular weight is 344 g/mol. The summed E-state index contributed by atoms with van der Waals surface area (Å²) in [5.41, 5.74) is 2.73. The van der Waals surface area contributed by atoms with Crippen molar-refractivity contribution >= 4 is 17.3 Å². The molecule has 6 nitrogen and oxygen atoms in total. The van der Waals surface area contributed by atoms with Crippen molar-refractivity contribution in [2.75, 3.05) is 38.5 Å². The van der Waals surface area contributed by atoms with E-state index in [1.54, 1.807) is 12.1 Å². The molecule has 0 heterocycles. The molecule has 6 heteroatoms. The molecular weight excluding hydrogens is 320 g/mol. The van der Waals surface area contributed by atoms with Crippen molar-refractivity contribution in [3.8, 4) is 17.2 Å². The smallest absolute Gasteiger partial charge is 0.243 e. The largest absolute Gasteiger partial charge is 0.493 e. The second-order valence-corrected chi connectivity index (χ2v) is 5.37. The van der Waals surface area contributed by atoms with Gasteiger partial charge in [0.2, 0.25) is 11.7 Å². The highest BCUT2D eigenvalue weighted by Crippen LogP contribution is 2.39. The summed E-state index contributed by atoms with van der Waals surface area (Å²) < 4.78 is 15.8. The van der Waals surface area contributed by atoms with Gasteiger partial charge in [-0.1, -0.05) is 19.1 Å². The number of hydrogen-bond donors (Lipinski definition) is 2. The zero-order valence-electron chi connectivity index (χ0n) is 15.0. The molecule has 0 aliphatic carbocycles. The van der Waals surface area contributed by atoms with Crippen LogP contribution in [0.4, 0.5) is 11.4 Å². The maximum atomic E-state index is 12.2. The van der Waals surface area contributed by atoms with Gasteiger partial charge in [0, 0.05) is 23.5 Å². The number of carbonyl (C=O) groups is 1. The topological polar surface area (TPSA) is 68.8 Å². The Kier molecular flexibility index (Phi) is 6.51. The molecule has 0 saturated carbocycles. The third-order valence-corrected chi connectivity index (χ3v) is 3.76. The van der Waals surface area contributed by atoms with Crippen LogP contribution >= 0.6 is 0 Å². The van der Waals surface area contributed by atoms with Crippen LogP contribution in [0.5, 0.6) is 17.2 Å². The molecule has 2 aromatic rings. The second kappa shape index (κ2) is 8.82. The molecule has 0 atom stereocenters. The Morgan fingerprint density at radius 1 is 0.920 bits per heavy atom. The third kappa shape index (κ3) is 4.79. The van der Waals surface area contributed by atoms with Crippen LogP contribution in [0.25, 0.3) is 0 Å². The molecule has 0 fully saturated rings. The number of methoxy groups -OCH3 is 3. The Bertz CT molecular complexity index is 689. The van der Waals surface area contributed by atoms with Crippen LogP contribution < -0.4 is 24.8 Å². The molecule has 25 heavy (non-hydrogen) atoms. The van der Waals surface area contributed by atoms with Crippen molar-refractivity contribution in [2.24, 2.45) is 0 Å². The van der Waals surface area contributed by atoms with Gasteiger partial charge < -0.3 is 24.8 Å². The Morgan fingerprint density at radius 2 is 1.52 bits per heavy atom. The van der Waals surface area contributed by atoms with Gasteiger partial charge in [-0.15, -0.1) is 0 Å². The zero-order chi connectivity index (χ0) is 18.2. The van der Waals surface area contributed by atoms with Gasteiger partial charge in [-0.25, -0.2) is 0 Å². The molecule has 0 spiro atoms. The molecule has 0 aliphatic rings. The summed E-state index contributed by atoms with van der Waals surface area (Å²) in [6, 6.07) is 11.4. The maximum absolute atomic E-state index is 12.2. The number of rotatable bonds is 8. The maximum Gasteiger partial charge on any atom is 0.243 e. The lowest BCUT2D eigenvalue weighted by molar-refractivity contribution is -0.114. The van der Waals surface area contributed by atoms with E-state index in [1.165, 1.54) is 26.9 Å². The van der Waals surface area contributed by atoms with Crippen molar-refractivity contribution in [1.82, 2.24) is 0 Å². The predicted octanol–water partition coefficient (Wildman–Crippen LogP) is 3.33. The van der Waals surface area contributed by atoms with Crippen molar-refractivity contribution in [3.63, 3.8) is 0 Å². The molecule has 0 aromatic heterocycles. The molecule has 0 radical (unpaired) electrons. The molecule has 1 amide bonds. The van der Waals surface area contributed by atoms with E-state index in [9.17, 15) is 4.79 Å². The number of anilines is 2. The number of amides is 1. The quantitative estimate of drug-likeness (QED) is 0.769. The minimum Gasteiger partial charge on any atom is -0.493 e. The van der Waals surface area contributed by atoms with E-state index in [2.05, 4.69) is 17.6 Å². The van der Waals surface area contributed by atoms with E-state index in [0.717, 1.165) is 12.1 Å². The molecule has 0 aliphatic heterocycles. The molecule has 134 valence electrons. The van der Waals surface area contributed by atoms with Crippen molar-refractivity contribution in [2.45, 2.75) is 13.3 Å². The van der Waals surface area contributed by atoms with Crippen LogP contribution in [0.2, 0.25) is 0 Å². The van der Waals surface area contributed by atoms with E-state index in [4.69, 9.17) is 14.2 Å². The first-order valence-electron chi connectivity index (χ1n) is 8.04. The first-order valence-corrected chi connectivity index (χ1v) is 8.04. The zero-order valence-corrected chi connectivity index (χ0v) is 15.0. The first kappa shape index (κ1) is 18.4. The van der Waals surface area contributed by atoms with E-state index in [-0.39, 0.29) is 12.5 Å². The summed E-state index contributed by atoms with van der Waals surface area (Å²) in [5, 5.41) is 5.91. The average Bonchev–Trinajstić information content (AvgIpc) is 2.65. The van der Waals surface area contributed by atoms with E-state index in [1.807, 2.05) is 24.3 Å². The number of hydrogen-bond acceptors (Lipinski definition) is 5. The van der Waals surface area contributed by atoms with E-state index in [0.29, 0.717) is 22.9 Å². The highest BCUT2D eigenvalue weighted by molar-refractivity contribution is 5.94. The Hall–Kier alpha value is -2.89. The normalized spacial score (nSPS) is 10.1. The first-order chi connectivity index (χ1) is 12.1. The molecule has 2 rings (SSSR count). The number of nitrogens with one attached hydrogen (secondary N) is 2. The predicted molar refractivity (Wildman–Crippen MR) is 99.0 cm³/mol. The lowest BCUT2D eigenvalue weighted by Crippen LogP contribution is -2.21. The third-order valence-electron chi connectivity index (χ3n) is 3.76. The van der Waals surface area contributed by atoms with Gasteiger partial charge in [-0.3, -0.25) is 4.79 Å². The lowest BCUT2D eigenvalue weighted by atomic mass is 10.1. The number of aryl methyl sites for hydroxylation is 1. The summed E-state index contributed by atoms with van der Waals surface area (Å²) >= 11 is 0. The van der Waals surface area contributed by atoms with Gasteiger partial charge in [0.25, 0.3) is 0 Å². The number of benzene rings is 2. The van der Waals surface area contributed by atoms with Crippen LogP contribution in [-0.2, 0) is 11.2 Å². The SMILES string of the molecule is CCc1ccc(NCC(=O)Nc2cc(OC)c(OC)c(OC)c2)cc1. The molecular formula is C19H24N2O4. The van der Waals surface area contributed by atoms with Crippen LogP contribution in [0, 0.1) is 0 Å². The van der Waals surface area contributed by atoms with Gasteiger partial charge in [0.1, 0.15) is 0 Å². The van der Waals surface area contributed by atoms with Crippen molar-refractivity contribution < 1.29 is 19.0 Å². The van der Waals surface area contributed by atoms with Crippen LogP contribution in [-0.4, -0.2) is 33.8 Å². The van der Waals surface area contributed by atoms with E-state index < -0.39 is 0 Å². The van der Waals surface area contributed by atoms with Gasteiger partial charge in [-0.05, 0) is 24.1 Å². The van der Waals surface area contributed by atoms with Crippen LogP contribution in [0.1, 0.15) is 12.5 Å².